The molecule has 0 saturated heterocycles. The molecule has 0 aliphatic rings. The minimum atomic E-state index is 0.116. The van der Waals surface area contributed by atoms with Gasteiger partial charge in [-0.3, -0.25) is 4.68 Å². The average Bonchev–Trinajstić information content (AvgIpc) is 2.69. The highest BCUT2D eigenvalue weighted by atomic mass is 15.3. The van der Waals surface area contributed by atoms with Crippen molar-refractivity contribution < 1.29 is 0 Å². The number of nitriles is 1. The number of allylic oxidation sites excluding steroid dienone is 1. The molecule has 0 radical (unpaired) electrons. The molecule has 0 aliphatic heterocycles. The van der Waals surface area contributed by atoms with Crippen LogP contribution in [0.4, 0.5) is 0 Å². The van der Waals surface area contributed by atoms with Crippen LogP contribution in [0.5, 0.6) is 0 Å². The lowest BCUT2D eigenvalue weighted by Gasteiger charge is -2.19. The zero-order valence-electron chi connectivity index (χ0n) is 14.2. The van der Waals surface area contributed by atoms with E-state index in [2.05, 4.69) is 44.1 Å². The fraction of sp³-hybridized carbons (Fsp3) is 0.368. The van der Waals surface area contributed by atoms with E-state index in [-0.39, 0.29) is 5.41 Å². The first-order valence-corrected chi connectivity index (χ1v) is 7.47. The van der Waals surface area contributed by atoms with Crippen LogP contribution < -0.4 is 0 Å². The molecule has 114 valence electrons. The predicted molar refractivity (Wildman–Crippen MR) is 91.3 cm³/mol. The van der Waals surface area contributed by atoms with E-state index in [1.54, 1.807) is 0 Å². The third kappa shape index (κ3) is 3.12. The van der Waals surface area contributed by atoms with Gasteiger partial charge in [0, 0.05) is 7.05 Å². The first kappa shape index (κ1) is 16.0. The Hall–Kier alpha value is -2.34. The number of hydrogen-bond donors (Lipinski definition) is 0. The summed E-state index contributed by atoms with van der Waals surface area (Å²) < 4.78 is 1.82. The van der Waals surface area contributed by atoms with Crippen molar-refractivity contribution in [1.29, 1.82) is 5.26 Å². The molecule has 1 heterocycles. The van der Waals surface area contributed by atoms with E-state index in [0.717, 1.165) is 22.5 Å². The van der Waals surface area contributed by atoms with Gasteiger partial charge < -0.3 is 0 Å². The third-order valence-electron chi connectivity index (χ3n) is 4.04. The van der Waals surface area contributed by atoms with E-state index in [1.807, 2.05) is 43.8 Å². The van der Waals surface area contributed by atoms with Gasteiger partial charge >= 0.3 is 0 Å². The Morgan fingerprint density at radius 2 is 1.77 bits per heavy atom. The van der Waals surface area contributed by atoms with Gasteiger partial charge in [-0.1, -0.05) is 45.0 Å². The molecule has 1 aromatic heterocycles. The summed E-state index contributed by atoms with van der Waals surface area (Å²) in [5.41, 5.74) is 6.07. The molecule has 0 spiro atoms. The van der Waals surface area contributed by atoms with Crippen molar-refractivity contribution in [2.75, 3.05) is 0 Å². The van der Waals surface area contributed by atoms with Gasteiger partial charge in [0.15, 0.2) is 0 Å². The molecular formula is C19H23N3. The zero-order valence-corrected chi connectivity index (χ0v) is 14.2. The normalized spacial score (nSPS) is 12.3. The van der Waals surface area contributed by atoms with Gasteiger partial charge in [0.05, 0.1) is 23.0 Å². The number of hydrogen-bond acceptors (Lipinski definition) is 2. The van der Waals surface area contributed by atoms with E-state index in [1.165, 1.54) is 5.56 Å². The predicted octanol–water partition coefficient (Wildman–Crippen LogP) is 4.40. The van der Waals surface area contributed by atoms with Crippen molar-refractivity contribution in [2.24, 2.45) is 7.05 Å². The Labute approximate surface area is 132 Å². The summed E-state index contributed by atoms with van der Waals surface area (Å²) in [6.45, 7) is 10.6. The number of aryl methyl sites for hydroxylation is 2. The number of aromatic nitrogens is 2. The van der Waals surface area contributed by atoms with E-state index in [0.29, 0.717) is 5.57 Å². The van der Waals surface area contributed by atoms with Crippen LogP contribution in [-0.4, -0.2) is 9.78 Å². The number of benzene rings is 1. The Bertz CT molecular complexity index is 748. The molecule has 0 N–H and O–H groups in total. The lowest BCUT2D eigenvalue weighted by Crippen LogP contribution is -2.10. The maximum Gasteiger partial charge on any atom is 0.0998 e. The molecule has 3 nitrogen and oxygen atoms in total. The van der Waals surface area contributed by atoms with E-state index in [4.69, 9.17) is 0 Å². The van der Waals surface area contributed by atoms with Gasteiger partial charge in [0.1, 0.15) is 0 Å². The summed E-state index contributed by atoms with van der Waals surface area (Å²) in [6.07, 6.45) is 1.92. The molecule has 0 amide bonds. The summed E-state index contributed by atoms with van der Waals surface area (Å²) in [5, 5.41) is 13.9. The molecule has 0 bridgehead atoms. The summed E-state index contributed by atoms with van der Waals surface area (Å²) in [6, 6.07) is 10.6. The quantitative estimate of drug-likeness (QED) is 0.770. The summed E-state index contributed by atoms with van der Waals surface area (Å²) in [5.74, 6) is 0. The summed E-state index contributed by atoms with van der Waals surface area (Å²) >= 11 is 0. The highest BCUT2D eigenvalue weighted by Crippen LogP contribution is 2.25. The SMILES string of the molecule is Cc1nn(C)c(C=C(C#N)c2ccc(C(C)(C)C)cc2)c1C. The van der Waals surface area contributed by atoms with Crippen LogP contribution in [-0.2, 0) is 12.5 Å². The lowest BCUT2D eigenvalue weighted by atomic mass is 9.86. The molecule has 0 fully saturated rings. The van der Waals surface area contributed by atoms with Crippen molar-refractivity contribution in [3.8, 4) is 6.07 Å². The molecule has 3 heteroatoms. The molecule has 2 aromatic rings. The maximum absolute atomic E-state index is 9.51. The first-order chi connectivity index (χ1) is 10.2. The second kappa shape index (κ2) is 5.81. The van der Waals surface area contributed by atoms with Gasteiger partial charge in [0.2, 0.25) is 0 Å². The van der Waals surface area contributed by atoms with Crippen LogP contribution in [0.2, 0.25) is 0 Å². The van der Waals surface area contributed by atoms with Crippen LogP contribution in [0, 0.1) is 25.2 Å². The summed E-state index contributed by atoms with van der Waals surface area (Å²) in [4.78, 5) is 0. The second-order valence-electron chi connectivity index (χ2n) is 6.72. The highest BCUT2D eigenvalue weighted by Gasteiger charge is 2.14. The Kier molecular flexibility index (Phi) is 4.23. The van der Waals surface area contributed by atoms with E-state index in [9.17, 15) is 5.26 Å². The molecule has 0 atom stereocenters. The molecular weight excluding hydrogens is 270 g/mol. The standard InChI is InChI=1S/C19H23N3/c1-13-14(2)21-22(6)18(13)11-16(12-20)15-7-9-17(10-8-15)19(3,4)5/h7-11H,1-6H3. The second-order valence-corrected chi connectivity index (χ2v) is 6.72. The minimum absolute atomic E-state index is 0.116. The molecule has 2 rings (SSSR count). The van der Waals surface area contributed by atoms with Crippen LogP contribution in [0.1, 0.15) is 48.8 Å². The summed E-state index contributed by atoms with van der Waals surface area (Å²) in [7, 11) is 1.91. The van der Waals surface area contributed by atoms with Gasteiger partial charge in [-0.05, 0) is 42.0 Å². The van der Waals surface area contributed by atoms with Crippen molar-refractivity contribution >= 4 is 11.6 Å². The zero-order chi connectivity index (χ0) is 16.5. The van der Waals surface area contributed by atoms with Crippen LogP contribution in [0.15, 0.2) is 24.3 Å². The van der Waals surface area contributed by atoms with Crippen molar-refractivity contribution in [3.63, 3.8) is 0 Å². The highest BCUT2D eigenvalue weighted by molar-refractivity contribution is 5.89. The Balaban J connectivity index is 2.45. The number of nitrogens with zero attached hydrogens (tertiary/aromatic N) is 3. The van der Waals surface area contributed by atoms with Crippen molar-refractivity contribution in [3.05, 3.63) is 52.3 Å². The topological polar surface area (TPSA) is 41.6 Å². The van der Waals surface area contributed by atoms with Gasteiger partial charge in [-0.25, -0.2) is 0 Å². The first-order valence-electron chi connectivity index (χ1n) is 7.47. The number of rotatable bonds is 2. The van der Waals surface area contributed by atoms with Crippen LogP contribution in [0.3, 0.4) is 0 Å². The van der Waals surface area contributed by atoms with Crippen molar-refractivity contribution in [2.45, 2.75) is 40.0 Å². The van der Waals surface area contributed by atoms with Gasteiger partial charge in [-0.2, -0.15) is 10.4 Å². The largest absolute Gasteiger partial charge is 0.268 e. The molecule has 0 aliphatic carbocycles. The Morgan fingerprint density at radius 1 is 1.18 bits per heavy atom. The van der Waals surface area contributed by atoms with Crippen LogP contribution in [0.25, 0.3) is 11.6 Å². The minimum Gasteiger partial charge on any atom is -0.268 e. The van der Waals surface area contributed by atoms with Crippen molar-refractivity contribution in [1.82, 2.24) is 9.78 Å². The molecule has 0 saturated carbocycles. The van der Waals surface area contributed by atoms with E-state index < -0.39 is 0 Å². The lowest BCUT2D eigenvalue weighted by molar-refractivity contribution is 0.590. The molecule has 0 unspecified atom stereocenters. The fourth-order valence-electron chi connectivity index (χ4n) is 2.45. The third-order valence-corrected chi connectivity index (χ3v) is 4.04. The maximum atomic E-state index is 9.51. The smallest absolute Gasteiger partial charge is 0.0998 e. The average molecular weight is 293 g/mol. The van der Waals surface area contributed by atoms with Crippen LogP contribution >= 0.6 is 0 Å². The molecule has 22 heavy (non-hydrogen) atoms. The monoisotopic (exact) mass is 293 g/mol. The van der Waals surface area contributed by atoms with Gasteiger partial charge in [-0.15, -0.1) is 0 Å². The van der Waals surface area contributed by atoms with E-state index >= 15 is 0 Å². The van der Waals surface area contributed by atoms with Gasteiger partial charge in [0.25, 0.3) is 0 Å². The Morgan fingerprint density at radius 3 is 2.18 bits per heavy atom. The fourth-order valence-corrected chi connectivity index (χ4v) is 2.45. The molecule has 1 aromatic carbocycles.